The van der Waals surface area contributed by atoms with Crippen molar-refractivity contribution in [2.45, 2.75) is 42.6 Å². The largest absolute Gasteiger partial charge is 0.490 e. The molecular formula is C37H32F3N3O6S2. The van der Waals surface area contributed by atoms with Crippen LogP contribution in [-0.4, -0.2) is 41.2 Å². The number of fused-ring (bicyclic) bond motifs is 9. The number of amides is 3. The molecule has 14 heteroatoms. The maximum absolute atomic E-state index is 14.1. The fraction of sp³-hybridized carbons (Fsp3) is 0.351. The molecule has 51 heavy (non-hydrogen) atoms. The van der Waals surface area contributed by atoms with E-state index in [4.69, 9.17) is 9.47 Å². The topological polar surface area (TPSA) is 118 Å². The Kier molecular flexibility index (Phi) is 8.29. The Labute approximate surface area is 298 Å². The van der Waals surface area contributed by atoms with Crippen molar-refractivity contribution >= 4 is 52.2 Å². The van der Waals surface area contributed by atoms with Crippen LogP contribution in [0.15, 0.2) is 76.6 Å². The summed E-state index contributed by atoms with van der Waals surface area (Å²) in [7, 11) is 0. The lowest BCUT2D eigenvalue weighted by Crippen LogP contribution is -2.42. The molecule has 4 aliphatic rings. The van der Waals surface area contributed by atoms with Crippen LogP contribution in [0.5, 0.6) is 11.5 Å². The van der Waals surface area contributed by atoms with E-state index >= 15 is 0 Å². The number of hydrogen-bond donors (Lipinski definition) is 2. The summed E-state index contributed by atoms with van der Waals surface area (Å²) in [6, 6.07) is 17.2. The minimum atomic E-state index is -4.63. The first-order chi connectivity index (χ1) is 24.4. The van der Waals surface area contributed by atoms with Crippen LogP contribution in [0.3, 0.4) is 0 Å². The number of aryl methyl sites for hydroxylation is 1. The van der Waals surface area contributed by atoms with Gasteiger partial charge in [-0.05, 0) is 85.5 Å². The minimum absolute atomic E-state index is 0.0752. The molecule has 3 amide bonds. The number of alkyl halides is 3. The summed E-state index contributed by atoms with van der Waals surface area (Å²) in [5.41, 5.74) is 1.43. The number of carbonyl (C=O) groups is 3. The molecule has 2 N–H and O–H groups in total. The number of carbonyl (C=O) groups excluding carboxylic acids is 3. The van der Waals surface area contributed by atoms with Crippen molar-refractivity contribution in [3.63, 3.8) is 0 Å². The molecule has 8 rings (SSSR count). The number of thioether (sulfide) groups is 1. The highest BCUT2D eigenvalue weighted by Gasteiger charge is 2.69. The highest BCUT2D eigenvalue weighted by Crippen LogP contribution is 2.69. The minimum Gasteiger partial charge on any atom is -0.490 e. The van der Waals surface area contributed by atoms with Crippen molar-refractivity contribution in [1.29, 1.82) is 0 Å². The summed E-state index contributed by atoms with van der Waals surface area (Å²) in [5.74, 6) is -2.74. The average Bonchev–Trinajstić information content (AvgIpc) is 3.83. The molecule has 2 bridgehead atoms. The van der Waals surface area contributed by atoms with E-state index in [0.717, 1.165) is 49.4 Å². The van der Waals surface area contributed by atoms with Crippen LogP contribution in [0.1, 0.15) is 40.8 Å². The van der Waals surface area contributed by atoms with Gasteiger partial charge in [-0.3, -0.25) is 24.1 Å². The van der Waals surface area contributed by atoms with Crippen molar-refractivity contribution in [2.75, 3.05) is 23.4 Å². The summed E-state index contributed by atoms with van der Waals surface area (Å²) < 4.78 is 52.6. The van der Waals surface area contributed by atoms with E-state index in [9.17, 15) is 32.3 Å². The zero-order chi connectivity index (χ0) is 35.8. The van der Waals surface area contributed by atoms with Crippen molar-refractivity contribution in [3.8, 4) is 11.5 Å². The van der Waals surface area contributed by atoms with E-state index in [1.165, 1.54) is 23.9 Å². The molecular weight excluding hydrogens is 704 g/mol. The predicted molar refractivity (Wildman–Crippen MR) is 185 cm³/mol. The zero-order valence-electron chi connectivity index (χ0n) is 27.4. The van der Waals surface area contributed by atoms with E-state index in [2.05, 4.69) is 10.3 Å². The molecule has 4 aromatic rings. The first kappa shape index (κ1) is 33.6. The molecule has 3 aromatic carbocycles. The van der Waals surface area contributed by atoms with E-state index in [1.54, 1.807) is 6.07 Å². The van der Waals surface area contributed by atoms with Gasteiger partial charge in [0, 0.05) is 21.7 Å². The lowest BCUT2D eigenvalue weighted by atomic mass is 9.68. The first-order valence-electron chi connectivity index (χ1n) is 16.6. The summed E-state index contributed by atoms with van der Waals surface area (Å²) in [5, 5.41) is 3.46. The zero-order valence-corrected chi connectivity index (χ0v) is 29.0. The number of ether oxygens (including phenoxy) is 2. The highest BCUT2D eigenvalue weighted by molar-refractivity contribution is 8.00. The number of nitrogens with one attached hydrogen (secondary N) is 2. The van der Waals surface area contributed by atoms with Crippen LogP contribution in [0.25, 0.3) is 0 Å². The fourth-order valence-electron chi connectivity index (χ4n) is 8.61. The molecule has 6 unspecified atom stereocenters. The maximum Gasteiger partial charge on any atom is 0.416 e. The fourth-order valence-corrected chi connectivity index (χ4v) is 11.5. The van der Waals surface area contributed by atoms with E-state index in [1.807, 2.05) is 50.2 Å². The second kappa shape index (κ2) is 12.6. The van der Waals surface area contributed by atoms with Crippen LogP contribution in [0.4, 0.5) is 24.5 Å². The molecule has 2 saturated carbocycles. The molecule has 3 fully saturated rings. The Hall–Kier alpha value is -4.56. The number of hydrogen-bond acceptors (Lipinski definition) is 8. The molecule has 1 saturated heterocycles. The number of imide groups is 1. The van der Waals surface area contributed by atoms with Crippen LogP contribution >= 0.6 is 23.1 Å². The van der Waals surface area contributed by atoms with E-state index < -0.39 is 35.4 Å². The number of rotatable bonds is 8. The lowest BCUT2D eigenvalue weighted by molar-refractivity contribution is -0.137. The molecule has 264 valence electrons. The molecule has 0 spiro atoms. The Bertz CT molecular complexity index is 2130. The third kappa shape index (κ3) is 5.63. The molecule has 9 nitrogen and oxygen atoms in total. The number of nitrogens with zero attached hydrogens (tertiary/aromatic N) is 1. The molecule has 2 aliphatic heterocycles. The monoisotopic (exact) mass is 735 g/mol. The van der Waals surface area contributed by atoms with Crippen molar-refractivity contribution < 1.29 is 37.0 Å². The summed E-state index contributed by atoms with van der Waals surface area (Å²) in [6.45, 7) is 3.79. The van der Waals surface area contributed by atoms with E-state index in [0.29, 0.717) is 30.2 Å². The Balaban J connectivity index is 1.10. The number of aromatic amines is 1. The van der Waals surface area contributed by atoms with Gasteiger partial charge in [0.1, 0.15) is 0 Å². The third-order valence-electron chi connectivity index (χ3n) is 10.6. The van der Waals surface area contributed by atoms with Crippen LogP contribution in [0.2, 0.25) is 0 Å². The van der Waals surface area contributed by atoms with Gasteiger partial charge in [0.15, 0.2) is 18.1 Å². The Morgan fingerprint density at radius 2 is 1.73 bits per heavy atom. The van der Waals surface area contributed by atoms with Gasteiger partial charge in [-0.15, -0.1) is 11.8 Å². The SMILES string of the molecule is CCOc1cc([C@H]2c3sc(=O)[nH]c3SC3C4CC(C5C(=O)N(c6cccc(C(F)(F)F)c6)C(=O)C45)C32)ccc1OCC(=O)Nc1ccccc1C. The summed E-state index contributed by atoms with van der Waals surface area (Å²) in [4.78, 5) is 58.0. The number of anilines is 2. The number of thiazole rings is 1. The molecule has 0 radical (unpaired) electrons. The normalized spacial score (nSPS) is 26.1. The Morgan fingerprint density at radius 3 is 2.47 bits per heavy atom. The predicted octanol–water partition coefficient (Wildman–Crippen LogP) is 6.86. The van der Waals surface area contributed by atoms with Gasteiger partial charge in [0.05, 0.1) is 34.7 Å². The molecule has 7 atom stereocenters. The van der Waals surface area contributed by atoms with Crippen LogP contribution in [0, 0.1) is 36.5 Å². The summed E-state index contributed by atoms with van der Waals surface area (Å²) >= 11 is 2.63. The number of benzene rings is 3. The van der Waals surface area contributed by atoms with Crippen molar-refractivity contribution in [1.82, 2.24) is 4.98 Å². The summed E-state index contributed by atoms with van der Waals surface area (Å²) in [6.07, 6.45) is -4.00. The van der Waals surface area contributed by atoms with Gasteiger partial charge in [0.25, 0.3) is 5.91 Å². The first-order valence-corrected chi connectivity index (χ1v) is 18.3. The number of H-pyrrole nitrogens is 1. The average molecular weight is 736 g/mol. The van der Waals surface area contributed by atoms with Crippen molar-refractivity contribution in [2.24, 2.45) is 29.6 Å². The van der Waals surface area contributed by atoms with Gasteiger partial charge in [-0.25, -0.2) is 0 Å². The third-order valence-corrected chi connectivity index (χ3v) is 13.1. The second-order valence-corrected chi connectivity index (χ2v) is 15.5. The van der Waals surface area contributed by atoms with Crippen molar-refractivity contribution in [3.05, 3.63) is 98.0 Å². The number of aromatic nitrogens is 1. The van der Waals surface area contributed by atoms with Crippen LogP contribution < -0.4 is 24.6 Å². The van der Waals surface area contributed by atoms with Gasteiger partial charge in [-0.1, -0.05) is 41.7 Å². The number of halogens is 3. The van der Waals surface area contributed by atoms with Gasteiger partial charge >= 0.3 is 11.0 Å². The second-order valence-electron chi connectivity index (χ2n) is 13.3. The van der Waals surface area contributed by atoms with Crippen LogP contribution in [-0.2, 0) is 20.6 Å². The van der Waals surface area contributed by atoms with Gasteiger partial charge < -0.3 is 19.8 Å². The maximum atomic E-state index is 14.1. The number of para-hydroxylation sites is 1. The van der Waals surface area contributed by atoms with Gasteiger partial charge in [0.2, 0.25) is 11.8 Å². The molecule has 3 heterocycles. The lowest BCUT2D eigenvalue weighted by Gasteiger charge is -2.43. The standard InChI is InChI=1S/C37H32F3N3O6S2/c1-3-48-25-13-18(11-12-24(25)49-16-26(44)41-23-10-5-4-7-17(23)2)27-28-21-15-22(31(28)50-33-32(27)51-36(47)42-33)30-29(21)34(45)43(35(30)46)20-9-6-8-19(14-20)37(38,39)40/h4-14,21-22,27-31H,3,15-16H2,1-2H3,(H,41,44)(H,42,47)/t21?,22?,27-,28?,29?,30?,31?/m1/s1. The quantitative estimate of drug-likeness (QED) is 0.190. The molecule has 1 aromatic heterocycles. The Morgan fingerprint density at radius 1 is 0.961 bits per heavy atom. The van der Waals surface area contributed by atoms with E-state index in [-0.39, 0.29) is 52.0 Å². The smallest absolute Gasteiger partial charge is 0.416 e. The highest BCUT2D eigenvalue weighted by atomic mass is 32.2. The van der Waals surface area contributed by atoms with Gasteiger partial charge in [-0.2, -0.15) is 13.2 Å². The molecule has 2 aliphatic carbocycles.